The fourth-order valence-corrected chi connectivity index (χ4v) is 7.51. The minimum atomic E-state index is -0.771. The Morgan fingerprint density at radius 3 is 2.81 bits per heavy atom. The highest BCUT2D eigenvalue weighted by Gasteiger charge is 2.67. The second-order valence-corrected chi connectivity index (χ2v) is 10.5. The molecule has 0 amide bonds. The van der Waals surface area contributed by atoms with E-state index in [1.807, 2.05) is 0 Å². The lowest BCUT2D eigenvalue weighted by Gasteiger charge is -2.53. The maximum Gasteiger partial charge on any atom is 0.321 e. The van der Waals surface area contributed by atoms with E-state index in [4.69, 9.17) is 14.2 Å². The van der Waals surface area contributed by atoms with Gasteiger partial charge in [0.05, 0.1) is 19.5 Å². The van der Waals surface area contributed by atoms with Crippen LogP contribution < -0.4 is 0 Å². The lowest BCUT2D eigenvalue weighted by atomic mass is 9.51. The summed E-state index contributed by atoms with van der Waals surface area (Å²) in [7, 11) is 1.76. The SMILES string of the molecule is CCOC(=O)C1C[C@@]2(CCC3C4CC=C5C=C(OC)CC[C@]5(C)C4=CC[C@@]32C)OC1=O. The highest BCUT2D eigenvalue weighted by Crippen LogP contribution is 2.68. The van der Waals surface area contributed by atoms with Gasteiger partial charge in [0.1, 0.15) is 5.60 Å². The molecule has 0 aromatic rings. The summed E-state index contributed by atoms with van der Waals surface area (Å²) in [6.45, 7) is 6.75. The summed E-state index contributed by atoms with van der Waals surface area (Å²) in [4.78, 5) is 25.1. The van der Waals surface area contributed by atoms with E-state index in [-0.39, 0.29) is 17.4 Å². The van der Waals surface area contributed by atoms with Crippen LogP contribution in [-0.2, 0) is 23.8 Å². The van der Waals surface area contributed by atoms with Crippen LogP contribution in [0.2, 0.25) is 0 Å². The summed E-state index contributed by atoms with van der Waals surface area (Å²) in [6.07, 6.45) is 13.4. The number of fused-ring (bicyclic) bond motifs is 6. The zero-order valence-corrected chi connectivity index (χ0v) is 19.2. The van der Waals surface area contributed by atoms with Crippen molar-refractivity contribution >= 4 is 11.9 Å². The quantitative estimate of drug-likeness (QED) is 0.366. The van der Waals surface area contributed by atoms with Crippen LogP contribution in [0.5, 0.6) is 0 Å². The van der Waals surface area contributed by atoms with Crippen LogP contribution in [0, 0.1) is 28.6 Å². The molecule has 1 saturated heterocycles. The minimum absolute atomic E-state index is 0.0713. The third-order valence-corrected chi connectivity index (χ3v) is 9.35. The molecule has 4 aliphatic carbocycles. The van der Waals surface area contributed by atoms with Gasteiger partial charge in [-0.15, -0.1) is 0 Å². The van der Waals surface area contributed by atoms with Gasteiger partial charge >= 0.3 is 11.9 Å². The number of rotatable bonds is 3. The van der Waals surface area contributed by atoms with E-state index in [2.05, 4.69) is 32.1 Å². The smallest absolute Gasteiger partial charge is 0.321 e. The first-order chi connectivity index (χ1) is 14.8. The maximum atomic E-state index is 12.7. The second-order valence-electron chi connectivity index (χ2n) is 10.5. The van der Waals surface area contributed by atoms with Crippen LogP contribution in [0.3, 0.4) is 0 Å². The average Bonchev–Trinajstić information content (AvgIpc) is 3.24. The Hall–Kier alpha value is -2.04. The van der Waals surface area contributed by atoms with Crippen molar-refractivity contribution in [3.8, 4) is 0 Å². The number of ether oxygens (including phenoxy) is 3. The summed E-state index contributed by atoms with van der Waals surface area (Å²) in [5.41, 5.74) is 2.35. The Morgan fingerprint density at radius 1 is 1.26 bits per heavy atom. The number of allylic oxidation sites excluding steroid dienone is 6. The van der Waals surface area contributed by atoms with Gasteiger partial charge < -0.3 is 14.2 Å². The molecule has 0 bridgehead atoms. The summed E-state index contributed by atoms with van der Waals surface area (Å²) >= 11 is 0. The predicted molar refractivity (Wildman–Crippen MR) is 116 cm³/mol. The standard InChI is InChI=1S/C26H34O5/c1-5-30-22(27)19-15-26(31-23(19)28)13-10-21-18-7-6-16-14-17(29-4)8-11-24(16,2)20(18)9-12-25(21,26)3/h6,9,14,18-19,21H,5,7-8,10-13,15H2,1-4H3/t18?,19?,21?,24-,25-,26+/m0/s1. The predicted octanol–water partition coefficient (Wildman–Crippen LogP) is 4.87. The van der Waals surface area contributed by atoms with E-state index < -0.39 is 23.5 Å². The molecule has 1 heterocycles. The molecule has 2 fully saturated rings. The topological polar surface area (TPSA) is 61.8 Å². The van der Waals surface area contributed by atoms with Crippen molar-refractivity contribution in [1.29, 1.82) is 0 Å². The third kappa shape index (κ3) is 2.74. The maximum absolute atomic E-state index is 12.7. The van der Waals surface area contributed by atoms with Gasteiger partial charge in [-0.2, -0.15) is 0 Å². The number of carbonyl (C=O) groups excluding carboxylic acids is 2. The van der Waals surface area contributed by atoms with E-state index in [0.717, 1.165) is 44.3 Å². The largest absolute Gasteiger partial charge is 0.501 e. The highest BCUT2D eigenvalue weighted by molar-refractivity contribution is 5.96. The Bertz CT molecular complexity index is 913. The fourth-order valence-electron chi connectivity index (χ4n) is 7.51. The van der Waals surface area contributed by atoms with Gasteiger partial charge in [-0.25, -0.2) is 0 Å². The molecule has 0 N–H and O–H groups in total. The summed E-state index contributed by atoms with van der Waals surface area (Å²) < 4.78 is 16.8. The van der Waals surface area contributed by atoms with E-state index >= 15 is 0 Å². The van der Waals surface area contributed by atoms with Crippen LogP contribution >= 0.6 is 0 Å². The molecule has 6 atom stereocenters. The van der Waals surface area contributed by atoms with E-state index in [1.54, 1.807) is 19.6 Å². The molecule has 0 aromatic carbocycles. The van der Waals surface area contributed by atoms with Gasteiger partial charge in [-0.05, 0) is 62.5 Å². The number of hydrogen-bond acceptors (Lipinski definition) is 5. The van der Waals surface area contributed by atoms with Crippen molar-refractivity contribution in [2.45, 2.75) is 71.3 Å². The van der Waals surface area contributed by atoms with Crippen LogP contribution in [0.4, 0.5) is 0 Å². The lowest BCUT2D eigenvalue weighted by molar-refractivity contribution is -0.164. The number of esters is 2. The third-order valence-electron chi connectivity index (χ3n) is 9.35. The number of carbonyl (C=O) groups is 2. The Labute approximate surface area is 184 Å². The molecule has 5 aliphatic rings. The van der Waals surface area contributed by atoms with E-state index in [9.17, 15) is 9.59 Å². The Kier molecular flexibility index (Phi) is 4.69. The molecule has 1 spiro atoms. The summed E-state index contributed by atoms with van der Waals surface area (Å²) in [5.74, 6) is 0.424. The number of hydrogen-bond donors (Lipinski definition) is 0. The van der Waals surface area contributed by atoms with Crippen LogP contribution in [0.1, 0.15) is 65.7 Å². The molecule has 0 radical (unpaired) electrons. The molecule has 1 aliphatic heterocycles. The average molecular weight is 427 g/mol. The first-order valence-corrected chi connectivity index (χ1v) is 11.8. The molecule has 5 nitrogen and oxygen atoms in total. The van der Waals surface area contributed by atoms with Crippen molar-refractivity contribution in [2.75, 3.05) is 13.7 Å². The van der Waals surface area contributed by atoms with Crippen molar-refractivity contribution in [3.63, 3.8) is 0 Å². The number of methoxy groups -OCH3 is 1. The molecule has 5 heteroatoms. The molecule has 3 unspecified atom stereocenters. The van der Waals surface area contributed by atoms with Gasteiger partial charge in [-0.1, -0.05) is 31.6 Å². The lowest BCUT2D eigenvalue weighted by Crippen LogP contribution is -2.50. The van der Waals surface area contributed by atoms with Gasteiger partial charge in [0.15, 0.2) is 5.92 Å². The first-order valence-electron chi connectivity index (χ1n) is 11.8. The van der Waals surface area contributed by atoms with Crippen molar-refractivity contribution in [3.05, 3.63) is 35.1 Å². The van der Waals surface area contributed by atoms with E-state index in [0.29, 0.717) is 18.3 Å². The van der Waals surface area contributed by atoms with Gasteiger partial charge in [0.2, 0.25) is 0 Å². The van der Waals surface area contributed by atoms with Crippen molar-refractivity contribution in [2.24, 2.45) is 28.6 Å². The molecule has 5 rings (SSSR count). The van der Waals surface area contributed by atoms with E-state index in [1.165, 1.54) is 5.57 Å². The molecule has 0 aromatic heterocycles. The minimum Gasteiger partial charge on any atom is -0.501 e. The van der Waals surface area contributed by atoms with Crippen LogP contribution in [0.25, 0.3) is 0 Å². The fraction of sp³-hybridized carbons (Fsp3) is 0.692. The molecular weight excluding hydrogens is 392 g/mol. The zero-order chi connectivity index (χ0) is 22.0. The van der Waals surface area contributed by atoms with Crippen LogP contribution in [-0.4, -0.2) is 31.3 Å². The van der Waals surface area contributed by atoms with Crippen LogP contribution in [0.15, 0.2) is 35.1 Å². The van der Waals surface area contributed by atoms with Gasteiger partial charge in [0.25, 0.3) is 0 Å². The normalized spacial score (nSPS) is 43.2. The summed E-state index contributed by atoms with van der Waals surface area (Å²) in [5, 5.41) is 0. The Balaban J connectivity index is 1.46. The van der Waals surface area contributed by atoms with Crippen molar-refractivity contribution < 1.29 is 23.8 Å². The Morgan fingerprint density at radius 2 is 2.06 bits per heavy atom. The zero-order valence-electron chi connectivity index (χ0n) is 19.2. The van der Waals surface area contributed by atoms with Crippen molar-refractivity contribution in [1.82, 2.24) is 0 Å². The summed E-state index contributed by atoms with van der Waals surface area (Å²) in [6, 6.07) is 0. The molecule has 31 heavy (non-hydrogen) atoms. The molecule has 168 valence electrons. The van der Waals surface area contributed by atoms with Gasteiger partial charge in [0, 0.05) is 23.7 Å². The van der Waals surface area contributed by atoms with Gasteiger partial charge in [-0.3, -0.25) is 9.59 Å². The first kappa shape index (κ1) is 20.8. The monoisotopic (exact) mass is 426 g/mol. The molecular formula is C26H34O5. The second kappa shape index (κ2) is 6.98. The molecule has 1 saturated carbocycles. The highest BCUT2D eigenvalue weighted by atomic mass is 16.6.